The molecule has 3 nitrogen and oxygen atoms in total. The van der Waals surface area contributed by atoms with Crippen LogP contribution in [0.4, 0.5) is 0 Å². The highest BCUT2D eigenvalue weighted by Crippen LogP contribution is 2.22. The Morgan fingerprint density at radius 3 is 2.93 bits per heavy atom. The highest BCUT2D eigenvalue weighted by molar-refractivity contribution is 7.10. The standard InChI is InChI=1S/C10H18N2OS/c1-8-3-6-14-10(8)9(7-11)12-4-5-13-2/h3,6,9,12H,4-5,7,11H2,1-2H3. The molecule has 1 atom stereocenters. The van der Waals surface area contributed by atoms with Gasteiger partial charge < -0.3 is 15.8 Å². The summed E-state index contributed by atoms with van der Waals surface area (Å²) in [6.45, 7) is 4.31. The van der Waals surface area contributed by atoms with Gasteiger partial charge in [0.25, 0.3) is 0 Å². The number of rotatable bonds is 6. The van der Waals surface area contributed by atoms with Crippen LogP contribution in [0.1, 0.15) is 16.5 Å². The molecule has 0 aliphatic rings. The van der Waals surface area contributed by atoms with Crippen molar-refractivity contribution in [2.24, 2.45) is 5.73 Å². The first kappa shape index (κ1) is 11.7. The summed E-state index contributed by atoms with van der Waals surface area (Å²) >= 11 is 1.76. The van der Waals surface area contributed by atoms with Crippen LogP contribution < -0.4 is 11.1 Å². The Morgan fingerprint density at radius 2 is 2.43 bits per heavy atom. The van der Waals surface area contributed by atoms with Crippen LogP contribution in [0.15, 0.2) is 11.4 Å². The largest absolute Gasteiger partial charge is 0.383 e. The zero-order valence-electron chi connectivity index (χ0n) is 8.75. The molecule has 0 aliphatic carbocycles. The van der Waals surface area contributed by atoms with Crippen molar-refractivity contribution in [1.82, 2.24) is 5.32 Å². The van der Waals surface area contributed by atoms with Crippen molar-refractivity contribution >= 4 is 11.3 Å². The van der Waals surface area contributed by atoms with E-state index in [2.05, 4.69) is 23.7 Å². The van der Waals surface area contributed by atoms with Gasteiger partial charge in [-0.3, -0.25) is 0 Å². The number of aryl methyl sites for hydroxylation is 1. The summed E-state index contributed by atoms with van der Waals surface area (Å²) in [5, 5.41) is 5.48. The van der Waals surface area contributed by atoms with Crippen molar-refractivity contribution in [1.29, 1.82) is 0 Å². The Bertz CT molecular complexity index is 262. The topological polar surface area (TPSA) is 47.3 Å². The van der Waals surface area contributed by atoms with Crippen molar-refractivity contribution in [3.05, 3.63) is 21.9 Å². The number of nitrogens with one attached hydrogen (secondary N) is 1. The summed E-state index contributed by atoms with van der Waals surface area (Å²) in [5.41, 5.74) is 7.03. The van der Waals surface area contributed by atoms with E-state index in [0.29, 0.717) is 6.54 Å². The highest BCUT2D eigenvalue weighted by Gasteiger charge is 2.11. The number of hydrogen-bond donors (Lipinski definition) is 2. The molecule has 80 valence electrons. The molecule has 0 aromatic carbocycles. The average Bonchev–Trinajstić information content (AvgIpc) is 2.60. The minimum Gasteiger partial charge on any atom is -0.383 e. The first-order valence-electron chi connectivity index (χ1n) is 4.76. The van der Waals surface area contributed by atoms with Crippen LogP contribution in [0.2, 0.25) is 0 Å². The van der Waals surface area contributed by atoms with E-state index in [-0.39, 0.29) is 6.04 Å². The van der Waals surface area contributed by atoms with E-state index in [1.54, 1.807) is 18.4 Å². The van der Waals surface area contributed by atoms with Gasteiger partial charge in [-0.15, -0.1) is 11.3 Å². The molecule has 0 saturated carbocycles. The van der Waals surface area contributed by atoms with E-state index in [9.17, 15) is 0 Å². The Kier molecular flexibility index (Phi) is 5.11. The number of ether oxygens (including phenoxy) is 1. The van der Waals surface area contributed by atoms with Crippen LogP contribution >= 0.6 is 11.3 Å². The Hall–Kier alpha value is -0.420. The second kappa shape index (κ2) is 6.14. The van der Waals surface area contributed by atoms with Gasteiger partial charge in [-0.1, -0.05) is 0 Å². The van der Waals surface area contributed by atoms with Gasteiger partial charge >= 0.3 is 0 Å². The van der Waals surface area contributed by atoms with Crippen molar-refractivity contribution in [3.63, 3.8) is 0 Å². The van der Waals surface area contributed by atoms with E-state index in [4.69, 9.17) is 10.5 Å². The maximum atomic E-state index is 5.72. The Balaban J connectivity index is 2.50. The predicted octanol–water partition coefficient (Wildman–Crippen LogP) is 1.29. The first-order valence-corrected chi connectivity index (χ1v) is 5.64. The molecule has 1 heterocycles. The van der Waals surface area contributed by atoms with Gasteiger partial charge in [0.1, 0.15) is 0 Å². The third-order valence-electron chi connectivity index (χ3n) is 2.15. The van der Waals surface area contributed by atoms with Gasteiger partial charge in [-0.05, 0) is 23.9 Å². The molecule has 0 aliphatic heterocycles. The number of thiophene rings is 1. The van der Waals surface area contributed by atoms with Gasteiger partial charge in [-0.2, -0.15) is 0 Å². The monoisotopic (exact) mass is 214 g/mol. The van der Waals surface area contributed by atoms with Gasteiger partial charge in [0, 0.05) is 25.1 Å². The molecule has 0 spiro atoms. The SMILES string of the molecule is COCCNC(CN)c1sccc1C. The summed E-state index contributed by atoms with van der Waals surface area (Å²) in [6.07, 6.45) is 0. The van der Waals surface area contributed by atoms with Crippen molar-refractivity contribution in [2.45, 2.75) is 13.0 Å². The molecule has 1 aromatic heterocycles. The average molecular weight is 214 g/mol. The molecule has 3 N–H and O–H groups in total. The summed E-state index contributed by atoms with van der Waals surface area (Å²) < 4.78 is 4.98. The lowest BCUT2D eigenvalue weighted by atomic mass is 10.1. The quantitative estimate of drug-likeness (QED) is 0.702. The fourth-order valence-electron chi connectivity index (χ4n) is 1.36. The van der Waals surface area contributed by atoms with E-state index < -0.39 is 0 Å². The normalized spacial score (nSPS) is 13.1. The maximum absolute atomic E-state index is 5.72. The molecule has 1 rings (SSSR count). The van der Waals surface area contributed by atoms with E-state index in [1.807, 2.05) is 0 Å². The molecular weight excluding hydrogens is 196 g/mol. The minimum atomic E-state index is 0.269. The second-order valence-electron chi connectivity index (χ2n) is 3.20. The van der Waals surface area contributed by atoms with Gasteiger partial charge in [0.2, 0.25) is 0 Å². The summed E-state index contributed by atoms with van der Waals surface area (Å²) in [5.74, 6) is 0. The second-order valence-corrected chi connectivity index (χ2v) is 4.15. The fourth-order valence-corrected chi connectivity index (χ4v) is 2.38. The van der Waals surface area contributed by atoms with Crippen LogP contribution in [0.5, 0.6) is 0 Å². The van der Waals surface area contributed by atoms with Crippen molar-refractivity contribution in [2.75, 3.05) is 26.8 Å². The van der Waals surface area contributed by atoms with Crippen LogP contribution in [0, 0.1) is 6.92 Å². The zero-order valence-corrected chi connectivity index (χ0v) is 9.56. The zero-order chi connectivity index (χ0) is 10.4. The number of methoxy groups -OCH3 is 1. The summed E-state index contributed by atoms with van der Waals surface area (Å²) in [6, 6.07) is 2.39. The summed E-state index contributed by atoms with van der Waals surface area (Å²) in [7, 11) is 1.70. The van der Waals surface area contributed by atoms with Crippen LogP contribution in [-0.4, -0.2) is 26.8 Å². The lowest BCUT2D eigenvalue weighted by molar-refractivity contribution is 0.196. The number of nitrogens with two attached hydrogens (primary N) is 1. The first-order chi connectivity index (χ1) is 6.79. The predicted molar refractivity (Wildman–Crippen MR) is 60.7 cm³/mol. The molecule has 1 aromatic rings. The smallest absolute Gasteiger partial charge is 0.0587 e. The van der Waals surface area contributed by atoms with E-state index in [1.165, 1.54) is 10.4 Å². The molecule has 1 unspecified atom stereocenters. The third kappa shape index (κ3) is 3.06. The molecule has 0 radical (unpaired) electrons. The van der Waals surface area contributed by atoms with E-state index in [0.717, 1.165) is 13.2 Å². The van der Waals surface area contributed by atoms with Gasteiger partial charge in [-0.25, -0.2) is 0 Å². The maximum Gasteiger partial charge on any atom is 0.0587 e. The van der Waals surface area contributed by atoms with Gasteiger partial charge in [0.15, 0.2) is 0 Å². The van der Waals surface area contributed by atoms with Crippen molar-refractivity contribution in [3.8, 4) is 0 Å². The summed E-state index contributed by atoms with van der Waals surface area (Å²) in [4.78, 5) is 1.34. The highest BCUT2D eigenvalue weighted by atomic mass is 32.1. The van der Waals surface area contributed by atoms with E-state index >= 15 is 0 Å². The fraction of sp³-hybridized carbons (Fsp3) is 0.600. The lowest BCUT2D eigenvalue weighted by Gasteiger charge is -2.16. The molecule has 0 amide bonds. The van der Waals surface area contributed by atoms with Gasteiger partial charge in [0.05, 0.1) is 12.6 Å². The Labute approximate surface area is 89.3 Å². The molecular formula is C10H18N2OS. The number of hydrogen-bond acceptors (Lipinski definition) is 4. The molecule has 4 heteroatoms. The van der Waals surface area contributed by atoms with Crippen molar-refractivity contribution < 1.29 is 4.74 Å². The lowest BCUT2D eigenvalue weighted by Crippen LogP contribution is -2.30. The Morgan fingerprint density at radius 1 is 1.64 bits per heavy atom. The molecule has 0 bridgehead atoms. The van der Waals surface area contributed by atoms with Crippen LogP contribution in [0.3, 0.4) is 0 Å². The molecule has 0 fully saturated rings. The third-order valence-corrected chi connectivity index (χ3v) is 3.28. The van der Waals surface area contributed by atoms with Crippen LogP contribution in [-0.2, 0) is 4.74 Å². The van der Waals surface area contributed by atoms with Crippen LogP contribution in [0.25, 0.3) is 0 Å². The minimum absolute atomic E-state index is 0.269. The molecule has 14 heavy (non-hydrogen) atoms. The molecule has 0 saturated heterocycles.